The highest BCUT2D eigenvalue weighted by Crippen LogP contribution is 2.35. The van der Waals surface area contributed by atoms with Crippen molar-refractivity contribution in [3.63, 3.8) is 0 Å². The van der Waals surface area contributed by atoms with Crippen LogP contribution in [0.2, 0.25) is 5.02 Å². The average Bonchev–Trinajstić information content (AvgIpc) is 3.35. The number of methoxy groups -OCH3 is 1. The molecule has 0 radical (unpaired) electrons. The van der Waals surface area contributed by atoms with Gasteiger partial charge < -0.3 is 9.15 Å². The zero-order valence-electron chi connectivity index (χ0n) is 17.3. The lowest BCUT2D eigenvalue weighted by Crippen LogP contribution is -2.27. The number of nitrogens with zero attached hydrogens (tertiary/aromatic N) is 1. The van der Waals surface area contributed by atoms with Crippen LogP contribution in [0, 0.1) is 6.92 Å². The van der Waals surface area contributed by atoms with E-state index in [1.165, 1.54) is 12.0 Å². The van der Waals surface area contributed by atoms with E-state index in [-0.39, 0.29) is 22.6 Å². The summed E-state index contributed by atoms with van der Waals surface area (Å²) < 4.78 is 10.7. The molecule has 1 aliphatic rings. The third-order valence-corrected chi connectivity index (χ3v) is 6.19. The van der Waals surface area contributed by atoms with Gasteiger partial charge in [0.05, 0.1) is 24.1 Å². The van der Waals surface area contributed by atoms with Crippen molar-refractivity contribution in [2.45, 2.75) is 13.5 Å². The normalized spacial score (nSPS) is 15.0. The van der Waals surface area contributed by atoms with Gasteiger partial charge >= 0.3 is 5.97 Å². The molecule has 0 aliphatic carbocycles. The number of hydrogen-bond donors (Lipinski definition) is 0. The Balaban J connectivity index is 1.56. The smallest absolute Gasteiger partial charge is 0.338 e. The zero-order chi connectivity index (χ0) is 22.8. The summed E-state index contributed by atoms with van der Waals surface area (Å²) in [6, 6.07) is 15.7. The molecule has 6 nitrogen and oxygen atoms in total. The summed E-state index contributed by atoms with van der Waals surface area (Å²) in [6.45, 7) is 1.98. The number of imide groups is 1. The van der Waals surface area contributed by atoms with Crippen molar-refractivity contribution in [1.29, 1.82) is 0 Å². The summed E-state index contributed by atoms with van der Waals surface area (Å²) in [7, 11) is 1.33. The fourth-order valence-electron chi connectivity index (χ4n) is 3.35. The van der Waals surface area contributed by atoms with Gasteiger partial charge in [0.25, 0.3) is 11.1 Å². The highest BCUT2D eigenvalue weighted by molar-refractivity contribution is 8.18. The molecule has 1 saturated heterocycles. The molecule has 1 fully saturated rings. The number of rotatable bonds is 5. The molecule has 32 heavy (non-hydrogen) atoms. The van der Waals surface area contributed by atoms with E-state index in [2.05, 4.69) is 0 Å². The quantitative estimate of drug-likeness (QED) is 0.342. The number of furan rings is 1. The minimum Gasteiger partial charge on any atom is -0.465 e. The molecule has 0 atom stereocenters. The first-order chi connectivity index (χ1) is 15.4. The van der Waals surface area contributed by atoms with Gasteiger partial charge in [0.15, 0.2) is 0 Å². The molecule has 0 unspecified atom stereocenters. The first-order valence-electron chi connectivity index (χ1n) is 9.65. The Hall–Kier alpha value is -3.29. The van der Waals surface area contributed by atoms with Crippen molar-refractivity contribution in [2.24, 2.45) is 0 Å². The summed E-state index contributed by atoms with van der Waals surface area (Å²) in [5, 5.41) is 0.244. The van der Waals surface area contributed by atoms with Crippen LogP contribution in [-0.4, -0.2) is 29.1 Å². The number of thioether (sulfide) groups is 1. The Morgan fingerprint density at radius 2 is 1.88 bits per heavy atom. The molecule has 2 aromatic carbocycles. The van der Waals surface area contributed by atoms with E-state index >= 15 is 0 Å². The van der Waals surface area contributed by atoms with Crippen LogP contribution in [0.3, 0.4) is 0 Å². The topological polar surface area (TPSA) is 76.8 Å². The van der Waals surface area contributed by atoms with Gasteiger partial charge in [-0.25, -0.2) is 4.79 Å². The Kier molecular flexibility index (Phi) is 6.21. The monoisotopic (exact) mass is 467 g/mol. The number of esters is 1. The van der Waals surface area contributed by atoms with Gasteiger partial charge in [-0.3, -0.25) is 14.5 Å². The minimum atomic E-state index is -0.425. The fourth-order valence-corrected chi connectivity index (χ4v) is 4.29. The highest BCUT2D eigenvalue weighted by atomic mass is 35.5. The number of hydrogen-bond acceptors (Lipinski definition) is 6. The predicted molar refractivity (Wildman–Crippen MR) is 123 cm³/mol. The lowest BCUT2D eigenvalue weighted by Gasteiger charge is -2.12. The molecule has 4 rings (SSSR count). The molecule has 8 heteroatoms. The summed E-state index contributed by atoms with van der Waals surface area (Å²) >= 11 is 6.76. The number of halogens is 1. The number of benzene rings is 2. The second kappa shape index (κ2) is 9.06. The largest absolute Gasteiger partial charge is 0.465 e. The standard InChI is InChI=1S/C24H18ClNO5S/c1-14-18(4-3-5-19(14)23(28)30-2)20-11-10-17(31-20)12-21-22(27)26(24(29)32-21)13-15-6-8-16(25)9-7-15/h3-12H,13H2,1-2H3/b21-12+. The first-order valence-corrected chi connectivity index (χ1v) is 10.8. The van der Waals surface area contributed by atoms with E-state index in [0.29, 0.717) is 22.1 Å². The predicted octanol–water partition coefficient (Wildman–Crippen LogP) is 5.93. The molecule has 0 bridgehead atoms. The van der Waals surface area contributed by atoms with Gasteiger partial charge in [-0.15, -0.1) is 0 Å². The Labute approximate surface area is 193 Å². The maximum Gasteiger partial charge on any atom is 0.338 e. The third kappa shape index (κ3) is 4.35. The van der Waals surface area contributed by atoms with Crippen molar-refractivity contribution in [3.8, 4) is 11.3 Å². The molecule has 1 aromatic heterocycles. The summed E-state index contributed by atoms with van der Waals surface area (Å²) in [5.41, 5.74) is 2.72. The summed E-state index contributed by atoms with van der Waals surface area (Å²) in [6.07, 6.45) is 1.55. The van der Waals surface area contributed by atoms with Crippen LogP contribution in [0.1, 0.15) is 27.2 Å². The SMILES string of the molecule is COC(=O)c1cccc(-c2ccc(/C=C3/SC(=O)N(Cc4ccc(Cl)cc4)C3=O)o2)c1C. The number of carbonyl (C=O) groups is 3. The molecule has 3 aromatic rings. The Morgan fingerprint density at radius 3 is 2.59 bits per heavy atom. The number of amides is 2. The Bertz CT molecular complexity index is 1250. The van der Waals surface area contributed by atoms with Crippen molar-refractivity contribution >= 4 is 46.6 Å². The molecule has 2 amide bonds. The van der Waals surface area contributed by atoms with Crippen molar-refractivity contribution < 1.29 is 23.5 Å². The second-order valence-electron chi connectivity index (χ2n) is 7.07. The fraction of sp³-hybridized carbons (Fsp3) is 0.125. The van der Waals surface area contributed by atoms with Gasteiger partial charge in [0.1, 0.15) is 11.5 Å². The van der Waals surface area contributed by atoms with E-state index in [1.54, 1.807) is 54.6 Å². The van der Waals surface area contributed by atoms with E-state index in [4.69, 9.17) is 20.8 Å². The molecule has 162 valence electrons. The maximum atomic E-state index is 12.8. The molecule has 2 heterocycles. The van der Waals surface area contributed by atoms with Crippen molar-refractivity contribution in [1.82, 2.24) is 4.90 Å². The minimum absolute atomic E-state index is 0.169. The van der Waals surface area contributed by atoms with E-state index in [9.17, 15) is 14.4 Å². The van der Waals surface area contributed by atoms with Gasteiger partial charge in [-0.1, -0.05) is 35.9 Å². The molecule has 0 N–H and O–H groups in total. The number of ether oxygens (including phenoxy) is 1. The van der Waals surface area contributed by atoms with Gasteiger partial charge in [0, 0.05) is 16.7 Å². The summed E-state index contributed by atoms with van der Waals surface area (Å²) in [5.74, 6) is 0.169. The van der Waals surface area contributed by atoms with Crippen LogP contribution in [0.15, 0.2) is 63.9 Å². The van der Waals surface area contributed by atoms with Crippen LogP contribution in [0.25, 0.3) is 17.4 Å². The molecule has 1 aliphatic heterocycles. The molecule has 0 saturated carbocycles. The molecular weight excluding hydrogens is 450 g/mol. The van der Waals surface area contributed by atoms with Crippen molar-refractivity contribution in [3.05, 3.63) is 87.0 Å². The lowest BCUT2D eigenvalue weighted by molar-refractivity contribution is -0.123. The summed E-state index contributed by atoms with van der Waals surface area (Å²) in [4.78, 5) is 38.6. The van der Waals surface area contributed by atoms with E-state index in [1.807, 2.05) is 13.0 Å². The van der Waals surface area contributed by atoms with Crippen LogP contribution in [0.5, 0.6) is 0 Å². The average molecular weight is 468 g/mol. The van der Waals surface area contributed by atoms with E-state index < -0.39 is 5.97 Å². The first kappa shape index (κ1) is 21.9. The van der Waals surface area contributed by atoms with Crippen LogP contribution in [-0.2, 0) is 16.1 Å². The highest BCUT2D eigenvalue weighted by Gasteiger charge is 2.35. The van der Waals surface area contributed by atoms with Crippen molar-refractivity contribution in [2.75, 3.05) is 7.11 Å². The lowest BCUT2D eigenvalue weighted by atomic mass is 10.0. The zero-order valence-corrected chi connectivity index (χ0v) is 18.8. The van der Waals surface area contributed by atoms with Gasteiger partial charge in [0.2, 0.25) is 0 Å². The Morgan fingerprint density at radius 1 is 1.12 bits per heavy atom. The molecular formula is C24H18ClNO5S. The van der Waals surface area contributed by atoms with Gasteiger partial charge in [-0.2, -0.15) is 0 Å². The third-order valence-electron chi connectivity index (χ3n) is 5.03. The number of carbonyl (C=O) groups excluding carboxylic acids is 3. The van der Waals surface area contributed by atoms with E-state index in [0.717, 1.165) is 28.5 Å². The van der Waals surface area contributed by atoms with Gasteiger partial charge in [-0.05, 0) is 60.1 Å². The second-order valence-corrected chi connectivity index (χ2v) is 8.50. The molecule has 0 spiro atoms. The van der Waals surface area contributed by atoms with Crippen LogP contribution >= 0.6 is 23.4 Å². The van der Waals surface area contributed by atoms with Crippen LogP contribution in [0.4, 0.5) is 4.79 Å². The maximum absolute atomic E-state index is 12.8. The van der Waals surface area contributed by atoms with Crippen LogP contribution < -0.4 is 0 Å².